The SMILES string of the molecule is Cc1ccc(NC(=S)N2CCOc3ccccc32)cc1. The van der Waals surface area contributed by atoms with Gasteiger partial charge in [0, 0.05) is 5.69 Å². The maximum absolute atomic E-state index is 5.64. The van der Waals surface area contributed by atoms with Gasteiger partial charge in [0.2, 0.25) is 0 Å². The third-order valence-electron chi connectivity index (χ3n) is 3.28. The van der Waals surface area contributed by atoms with E-state index in [1.807, 2.05) is 36.4 Å². The third kappa shape index (κ3) is 2.60. The first-order valence-corrected chi connectivity index (χ1v) is 7.02. The lowest BCUT2D eigenvalue weighted by atomic mass is 10.2. The molecule has 0 atom stereocenters. The standard InChI is InChI=1S/C16H16N2OS/c1-12-6-8-13(9-7-12)17-16(20)18-10-11-19-15-5-3-2-4-14(15)18/h2-9H,10-11H2,1H3,(H,17,20). The normalized spacial score (nSPS) is 13.3. The van der Waals surface area contributed by atoms with E-state index in [1.165, 1.54) is 5.56 Å². The van der Waals surface area contributed by atoms with Crippen LogP contribution in [0.1, 0.15) is 5.56 Å². The number of para-hydroxylation sites is 2. The molecule has 0 radical (unpaired) electrons. The summed E-state index contributed by atoms with van der Waals surface area (Å²) in [6, 6.07) is 16.2. The molecule has 2 aromatic rings. The fourth-order valence-corrected chi connectivity index (χ4v) is 2.52. The Balaban J connectivity index is 1.80. The first-order chi connectivity index (χ1) is 9.74. The molecule has 1 N–H and O–H groups in total. The van der Waals surface area contributed by atoms with Crippen LogP contribution in [0.25, 0.3) is 0 Å². The van der Waals surface area contributed by atoms with Crippen molar-refractivity contribution in [1.82, 2.24) is 0 Å². The average Bonchev–Trinajstić information content (AvgIpc) is 2.49. The second-order valence-electron chi connectivity index (χ2n) is 4.76. The first-order valence-electron chi connectivity index (χ1n) is 6.61. The van der Waals surface area contributed by atoms with Gasteiger partial charge in [-0.2, -0.15) is 0 Å². The molecule has 0 spiro atoms. The van der Waals surface area contributed by atoms with E-state index in [0.717, 1.165) is 23.7 Å². The highest BCUT2D eigenvalue weighted by Gasteiger charge is 2.20. The van der Waals surface area contributed by atoms with E-state index in [2.05, 4.69) is 29.3 Å². The van der Waals surface area contributed by atoms with Crippen molar-refractivity contribution in [2.24, 2.45) is 0 Å². The van der Waals surface area contributed by atoms with E-state index in [0.29, 0.717) is 11.7 Å². The number of thiocarbonyl (C=S) groups is 1. The predicted octanol–water partition coefficient (Wildman–Crippen LogP) is 3.59. The number of hydrogen-bond donors (Lipinski definition) is 1. The first kappa shape index (κ1) is 12.9. The summed E-state index contributed by atoms with van der Waals surface area (Å²) in [6.45, 7) is 3.47. The summed E-state index contributed by atoms with van der Waals surface area (Å²) in [7, 11) is 0. The van der Waals surface area contributed by atoms with Crippen LogP contribution in [0.3, 0.4) is 0 Å². The fourth-order valence-electron chi connectivity index (χ4n) is 2.21. The number of hydrogen-bond acceptors (Lipinski definition) is 2. The zero-order chi connectivity index (χ0) is 13.9. The van der Waals surface area contributed by atoms with Gasteiger partial charge in [0.1, 0.15) is 12.4 Å². The summed E-state index contributed by atoms with van der Waals surface area (Å²) in [6.07, 6.45) is 0. The van der Waals surface area contributed by atoms with E-state index in [4.69, 9.17) is 17.0 Å². The van der Waals surface area contributed by atoms with Gasteiger partial charge >= 0.3 is 0 Å². The summed E-state index contributed by atoms with van der Waals surface area (Å²) in [5.41, 5.74) is 3.26. The lowest BCUT2D eigenvalue weighted by Gasteiger charge is -2.31. The zero-order valence-electron chi connectivity index (χ0n) is 11.3. The Morgan fingerprint density at radius 3 is 2.70 bits per heavy atom. The summed E-state index contributed by atoms with van der Waals surface area (Å²) in [4.78, 5) is 2.08. The lowest BCUT2D eigenvalue weighted by Crippen LogP contribution is -2.40. The van der Waals surface area contributed by atoms with E-state index in [1.54, 1.807) is 0 Å². The van der Waals surface area contributed by atoms with Crippen LogP contribution in [0.15, 0.2) is 48.5 Å². The van der Waals surface area contributed by atoms with Crippen LogP contribution < -0.4 is 15.0 Å². The minimum absolute atomic E-state index is 0.646. The van der Waals surface area contributed by atoms with Crippen molar-refractivity contribution >= 4 is 28.7 Å². The molecule has 2 aromatic carbocycles. The number of nitrogens with zero attached hydrogens (tertiary/aromatic N) is 1. The molecule has 0 saturated carbocycles. The number of ether oxygens (including phenoxy) is 1. The van der Waals surface area contributed by atoms with Crippen LogP contribution in [0, 0.1) is 6.92 Å². The van der Waals surface area contributed by atoms with Crippen LogP contribution in [-0.2, 0) is 0 Å². The molecule has 3 nitrogen and oxygen atoms in total. The minimum Gasteiger partial charge on any atom is -0.490 e. The van der Waals surface area contributed by atoms with E-state index in [9.17, 15) is 0 Å². The highest BCUT2D eigenvalue weighted by molar-refractivity contribution is 7.80. The van der Waals surface area contributed by atoms with Crippen molar-refractivity contribution in [3.05, 3.63) is 54.1 Å². The second kappa shape index (κ2) is 5.51. The van der Waals surface area contributed by atoms with Gasteiger partial charge in [0.05, 0.1) is 12.2 Å². The van der Waals surface area contributed by atoms with Gasteiger partial charge in [0.15, 0.2) is 5.11 Å². The predicted molar refractivity (Wildman–Crippen MR) is 86.7 cm³/mol. The topological polar surface area (TPSA) is 24.5 Å². The van der Waals surface area contributed by atoms with Crippen molar-refractivity contribution in [1.29, 1.82) is 0 Å². The van der Waals surface area contributed by atoms with Crippen molar-refractivity contribution in [2.75, 3.05) is 23.4 Å². The number of fused-ring (bicyclic) bond motifs is 1. The molecule has 102 valence electrons. The van der Waals surface area contributed by atoms with Gasteiger partial charge in [-0.1, -0.05) is 29.8 Å². The van der Waals surface area contributed by atoms with Gasteiger partial charge < -0.3 is 15.0 Å². The zero-order valence-corrected chi connectivity index (χ0v) is 12.1. The van der Waals surface area contributed by atoms with Crippen LogP contribution in [0.2, 0.25) is 0 Å². The minimum atomic E-state index is 0.646. The van der Waals surface area contributed by atoms with E-state index in [-0.39, 0.29) is 0 Å². The van der Waals surface area contributed by atoms with Crippen molar-refractivity contribution in [3.8, 4) is 5.75 Å². The molecule has 0 amide bonds. The Labute approximate surface area is 124 Å². The smallest absolute Gasteiger partial charge is 0.178 e. The maximum Gasteiger partial charge on any atom is 0.178 e. The molecule has 0 aromatic heterocycles. The molecule has 3 rings (SSSR count). The number of nitrogens with one attached hydrogen (secondary N) is 1. The van der Waals surface area contributed by atoms with E-state index >= 15 is 0 Å². The fraction of sp³-hybridized carbons (Fsp3) is 0.188. The van der Waals surface area contributed by atoms with E-state index < -0.39 is 0 Å². The molecule has 0 unspecified atom stereocenters. The molecule has 1 heterocycles. The van der Waals surface area contributed by atoms with Crippen LogP contribution >= 0.6 is 12.2 Å². The molecule has 1 aliphatic rings. The Kier molecular flexibility index (Phi) is 3.56. The Morgan fingerprint density at radius 2 is 1.90 bits per heavy atom. The summed E-state index contributed by atoms with van der Waals surface area (Å²) in [5, 5.41) is 3.98. The highest BCUT2D eigenvalue weighted by atomic mass is 32.1. The number of aryl methyl sites for hydroxylation is 1. The van der Waals surface area contributed by atoms with Gasteiger partial charge in [-0.15, -0.1) is 0 Å². The van der Waals surface area contributed by atoms with Crippen LogP contribution in [0.4, 0.5) is 11.4 Å². The molecule has 0 saturated heterocycles. The number of rotatable bonds is 1. The molecule has 0 fully saturated rings. The number of anilines is 2. The molecule has 20 heavy (non-hydrogen) atoms. The molecule has 0 bridgehead atoms. The molecule has 0 aliphatic carbocycles. The van der Waals surface area contributed by atoms with Gasteiger partial charge in [-0.3, -0.25) is 0 Å². The largest absolute Gasteiger partial charge is 0.490 e. The van der Waals surface area contributed by atoms with Crippen LogP contribution in [0.5, 0.6) is 5.75 Å². The van der Waals surface area contributed by atoms with Crippen molar-refractivity contribution in [3.63, 3.8) is 0 Å². The van der Waals surface area contributed by atoms with Crippen molar-refractivity contribution < 1.29 is 4.74 Å². The quantitative estimate of drug-likeness (QED) is 0.809. The van der Waals surface area contributed by atoms with Crippen LogP contribution in [-0.4, -0.2) is 18.3 Å². The van der Waals surface area contributed by atoms with Gasteiger partial charge in [-0.25, -0.2) is 0 Å². The Morgan fingerprint density at radius 1 is 1.15 bits per heavy atom. The number of benzene rings is 2. The summed E-state index contributed by atoms with van der Waals surface area (Å²) < 4.78 is 5.64. The Hall–Kier alpha value is -2.07. The third-order valence-corrected chi connectivity index (χ3v) is 3.60. The molecule has 4 heteroatoms. The average molecular weight is 284 g/mol. The summed E-state index contributed by atoms with van der Waals surface area (Å²) in [5.74, 6) is 0.881. The highest BCUT2D eigenvalue weighted by Crippen LogP contribution is 2.31. The summed E-state index contributed by atoms with van der Waals surface area (Å²) >= 11 is 5.52. The maximum atomic E-state index is 5.64. The molecular weight excluding hydrogens is 268 g/mol. The molecule has 1 aliphatic heterocycles. The van der Waals surface area contributed by atoms with Gasteiger partial charge in [0.25, 0.3) is 0 Å². The van der Waals surface area contributed by atoms with Crippen molar-refractivity contribution in [2.45, 2.75) is 6.92 Å². The second-order valence-corrected chi connectivity index (χ2v) is 5.15. The lowest BCUT2D eigenvalue weighted by molar-refractivity contribution is 0.315. The van der Waals surface area contributed by atoms with Gasteiger partial charge in [-0.05, 0) is 43.4 Å². The Bertz CT molecular complexity index is 625. The molecular formula is C16H16N2OS. The monoisotopic (exact) mass is 284 g/mol.